The van der Waals surface area contributed by atoms with Crippen molar-refractivity contribution in [2.24, 2.45) is 36.8 Å². The third-order valence-electron chi connectivity index (χ3n) is 13.8. The molecule has 0 saturated heterocycles. The molecule has 12 nitrogen and oxygen atoms in total. The molecule has 300 valence electrons. The molecule has 12 rings (SSSR count). The fraction of sp³-hybridized carbons (Fsp3) is 0.413. The molecule has 59 heavy (non-hydrogen) atoms. The zero-order valence-corrected chi connectivity index (χ0v) is 34.1. The van der Waals surface area contributed by atoms with Crippen LogP contribution in [0.5, 0.6) is 0 Å². The highest BCUT2D eigenvalue weighted by molar-refractivity contribution is 6.66. The third kappa shape index (κ3) is 5.72. The van der Waals surface area contributed by atoms with Gasteiger partial charge in [-0.15, -0.1) is 0 Å². The molecule has 4 aliphatic heterocycles. The van der Waals surface area contributed by atoms with Crippen molar-refractivity contribution in [1.82, 2.24) is 13.8 Å². The van der Waals surface area contributed by atoms with E-state index in [2.05, 4.69) is 86.6 Å². The van der Waals surface area contributed by atoms with Crippen LogP contribution in [-0.4, -0.2) is 75.8 Å². The smallest absolute Gasteiger partial charge is 0.393 e. The van der Waals surface area contributed by atoms with Crippen molar-refractivity contribution in [2.75, 3.05) is 13.2 Å². The topological polar surface area (TPSA) is 145 Å². The average Bonchev–Trinajstić information content (AvgIpc) is 3.99. The Kier molecular flexibility index (Phi) is 8.52. The molecule has 0 radical (unpaired) electrons. The maximum absolute atomic E-state index is 10.6. The SMILES string of the molecule is OC1CCC(CO[Si]2(OCC3CCC(O)CC3)N3C4=Nc5[nH]c(c6c5C=CCC6)N=c5c6ccccc6c(n52)=NC2=NC(=NC3c3ccccc34)C3=C2C=CCC3)CC1. The van der Waals surface area contributed by atoms with Crippen LogP contribution in [0.15, 0.2) is 103 Å². The summed E-state index contributed by atoms with van der Waals surface area (Å²) in [5.74, 6) is 4.07. The Hall–Kier alpha value is -5.05. The van der Waals surface area contributed by atoms with Crippen molar-refractivity contribution in [1.29, 1.82) is 0 Å². The van der Waals surface area contributed by atoms with Gasteiger partial charge in [-0.3, -0.25) is 8.80 Å². The molecule has 1 unspecified atom stereocenters. The first-order valence-electron chi connectivity index (χ1n) is 21.7. The van der Waals surface area contributed by atoms with Gasteiger partial charge in [0.05, 0.1) is 12.2 Å². The molecule has 2 aromatic heterocycles. The van der Waals surface area contributed by atoms with E-state index in [0.29, 0.717) is 30.4 Å². The van der Waals surface area contributed by atoms with Crippen molar-refractivity contribution >= 4 is 54.9 Å². The molecular weight excluding hydrogens is 757 g/mol. The number of hydrogen-bond acceptors (Lipinski definition) is 10. The molecule has 3 N–H and O–H groups in total. The molecule has 2 aromatic carbocycles. The van der Waals surface area contributed by atoms with Gasteiger partial charge in [0.2, 0.25) is 0 Å². The second kappa shape index (κ2) is 14.0. The van der Waals surface area contributed by atoms with Crippen LogP contribution < -0.4 is 11.0 Å². The summed E-state index contributed by atoms with van der Waals surface area (Å²) < 4.78 is 20.2. The molecule has 4 aliphatic carbocycles. The van der Waals surface area contributed by atoms with Gasteiger partial charge in [-0.2, -0.15) is 0 Å². The number of H-pyrrole nitrogens is 1. The van der Waals surface area contributed by atoms with Crippen molar-refractivity contribution in [3.05, 3.63) is 111 Å². The number of aromatic amines is 1. The number of fused-ring (bicyclic) bond motifs is 14. The number of nitrogens with zero attached hydrogens (tertiary/aromatic N) is 7. The fourth-order valence-electron chi connectivity index (χ4n) is 10.6. The number of aliphatic hydroxyl groups is 2. The molecule has 0 amide bonds. The van der Waals surface area contributed by atoms with Crippen LogP contribution in [0.1, 0.15) is 99.0 Å². The van der Waals surface area contributed by atoms with Gasteiger partial charge >= 0.3 is 8.88 Å². The zero-order chi connectivity index (χ0) is 39.2. The minimum Gasteiger partial charge on any atom is -0.393 e. The molecule has 6 heterocycles. The van der Waals surface area contributed by atoms with E-state index in [0.717, 1.165) is 144 Å². The number of hydrogen-bond donors (Lipinski definition) is 3. The second-order valence-corrected chi connectivity index (χ2v) is 20.0. The van der Waals surface area contributed by atoms with Crippen LogP contribution in [0, 0.1) is 11.8 Å². The summed E-state index contributed by atoms with van der Waals surface area (Å²) >= 11 is 0. The van der Waals surface area contributed by atoms with E-state index in [-0.39, 0.29) is 24.0 Å². The van der Waals surface area contributed by atoms with Crippen molar-refractivity contribution in [3.8, 4) is 0 Å². The van der Waals surface area contributed by atoms with Crippen LogP contribution >= 0.6 is 0 Å². The number of aliphatic hydroxyl groups excluding tert-OH is 2. The van der Waals surface area contributed by atoms with E-state index in [9.17, 15) is 10.2 Å². The van der Waals surface area contributed by atoms with Crippen molar-refractivity contribution < 1.29 is 19.1 Å². The van der Waals surface area contributed by atoms with Gasteiger partial charge in [0.25, 0.3) is 0 Å². The number of allylic oxidation sites excluding steroid dienone is 2. The quantitative estimate of drug-likeness (QED) is 0.184. The van der Waals surface area contributed by atoms with Gasteiger partial charge in [-0.05, 0) is 88.9 Å². The maximum atomic E-state index is 10.6. The van der Waals surface area contributed by atoms with E-state index >= 15 is 0 Å². The molecule has 8 aliphatic rings. The van der Waals surface area contributed by atoms with Gasteiger partial charge in [0.15, 0.2) is 11.7 Å². The normalized spacial score (nSPS) is 28.9. The summed E-state index contributed by atoms with van der Waals surface area (Å²) in [5, 5.41) is 23.0. The summed E-state index contributed by atoms with van der Waals surface area (Å²) in [6, 6.07) is 16.9. The first kappa shape index (κ1) is 35.9. The van der Waals surface area contributed by atoms with Gasteiger partial charge in [0, 0.05) is 57.4 Å². The largest absolute Gasteiger partial charge is 0.599 e. The van der Waals surface area contributed by atoms with Crippen LogP contribution in [0.2, 0.25) is 0 Å². The van der Waals surface area contributed by atoms with Crippen LogP contribution in [0.3, 0.4) is 0 Å². The Labute approximate surface area is 343 Å². The first-order valence-corrected chi connectivity index (χ1v) is 23.4. The van der Waals surface area contributed by atoms with Crippen molar-refractivity contribution in [3.63, 3.8) is 0 Å². The number of amidine groups is 3. The zero-order valence-electron chi connectivity index (χ0n) is 33.1. The van der Waals surface area contributed by atoms with Crippen LogP contribution in [0.4, 0.5) is 11.6 Å². The Morgan fingerprint density at radius 2 is 1.36 bits per heavy atom. The predicted molar refractivity (Wildman–Crippen MR) is 229 cm³/mol. The van der Waals surface area contributed by atoms with Crippen LogP contribution in [0.25, 0.3) is 16.8 Å². The Bertz CT molecular complexity index is 2700. The molecular formula is C46H48N8O4Si. The molecule has 6 bridgehead atoms. The number of aromatic nitrogens is 2. The van der Waals surface area contributed by atoms with E-state index in [1.807, 2.05) is 0 Å². The lowest BCUT2D eigenvalue weighted by Crippen LogP contribution is -2.70. The number of rotatable bonds is 6. The summed E-state index contributed by atoms with van der Waals surface area (Å²) in [4.78, 5) is 31.6. The standard InChI is InChI=1S/C46H48N8O4Si/c55-29-21-17-27(18-22-29)25-57-59(58-26-28-19-23-30(56)24-20-28)53-43-35-13-5-6-14-36(35)45(53)51-41-33-11-3-4-12-34(33)42(48-41)52-46-38-16-8-7-15-37(38)44(54(46)59)50-40-32-10-2-1-9-31(32)39(47-40)49-43/h1,4-9,12-16,27-30,44,48,55-56H,2-3,10-11,17-26H2. The third-order valence-corrected chi connectivity index (χ3v) is 16.9. The fourth-order valence-corrected chi connectivity index (χ4v) is 14.1. The highest BCUT2D eigenvalue weighted by atomic mass is 28.4. The highest BCUT2D eigenvalue weighted by Gasteiger charge is 2.60. The summed E-state index contributed by atoms with van der Waals surface area (Å²) in [7, 11) is -4.13. The number of nitrogens with one attached hydrogen (secondary N) is 1. The van der Waals surface area contributed by atoms with E-state index in [4.69, 9.17) is 33.8 Å². The van der Waals surface area contributed by atoms with Gasteiger partial charge < -0.3 is 24.0 Å². The summed E-state index contributed by atoms with van der Waals surface area (Å²) in [6.45, 7) is 0.862. The maximum Gasteiger partial charge on any atom is 0.599 e. The Balaban J connectivity index is 1.22. The monoisotopic (exact) mass is 804 g/mol. The lowest BCUT2D eigenvalue weighted by molar-refractivity contribution is 0.0416. The van der Waals surface area contributed by atoms with Gasteiger partial charge in [-0.1, -0.05) is 72.8 Å². The first-order chi connectivity index (χ1) is 29.0. The predicted octanol–water partition coefficient (Wildman–Crippen LogP) is 6.80. The summed E-state index contributed by atoms with van der Waals surface area (Å²) in [6.07, 6.45) is 17.6. The Morgan fingerprint density at radius 3 is 2.10 bits per heavy atom. The van der Waals surface area contributed by atoms with E-state index < -0.39 is 15.0 Å². The molecule has 2 fully saturated rings. The second-order valence-electron chi connectivity index (χ2n) is 17.4. The highest BCUT2D eigenvalue weighted by Crippen LogP contribution is 2.45. The number of aliphatic imine (C=N–C) groups is 3. The Morgan fingerprint density at radius 1 is 0.695 bits per heavy atom. The minimum atomic E-state index is -4.13. The number of benzene rings is 2. The lowest BCUT2D eigenvalue weighted by atomic mass is 9.88. The van der Waals surface area contributed by atoms with E-state index in [1.165, 1.54) is 0 Å². The lowest BCUT2D eigenvalue weighted by Gasteiger charge is -2.42. The van der Waals surface area contributed by atoms with Crippen molar-refractivity contribution in [2.45, 2.75) is 95.4 Å². The average molecular weight is 805 g/mol. The van der Waals surface area contributed by atoms with E-state index in [1.54, 1.807) is 0 Å². The molecule has 1 atom stereocenters. The molecule has 13 heteroatoms. The van der Waals surface area contributed by atoms with Gasteiger partial charge in [-0.25, -0.2) is 25.0 Å². The molecule has 4 aromatic rings. The molecule has 0 spiro atoms. The minimum absolute atomic E-state index is 0.223. The van der Waals surface area contributed by atoms with Gasteiger partial charge in [0.1, 0.15) is 34.6 Å². The summed E-state index contributed by atoms with van der Waals surface area (Å²) in [5.41, 5.74) is 7.73. The molecule has 2 saturated carbocycles. The van der Waals surface area contributed by atoms with Crippen LogP contribution in [-0.2, 0) is 15.3 Å².